The predicted molar refractivity (Wildman–Crippen MR) is 331 cm³/mol. The Morgan fingerprint density at radius 2 is 0.346 bits per heavy atom. The Hall–Kier alpha value is -1.71. The molecule has 0 aromatic heterocycles. The molecule has 9 heteroatoms. The van der Waals surface area contributed by atoms with Crippen LogP contribution >= 0.6 is 0 Å². The zero-order valence-corrected chi connectivity index (χ0v) is 51.8. The van der Waals surface area contributed by atoms with Crippen molar-refractivity contribution in [3.8, 4) is 0 Å². The molecule has 0 rings (SSSR count). The van der Waals surface area contributed by atoms with Gasteiger partial charge in [0.1, 0.15) is 6.10 Å². The molecule has 0 atom stereocenters. The average Bonchev–Trinajstić information content (AvgIpc) is 3.42. The minimum Gasteiger partial charge on any atom is -0.481 e. The zero-order chi connectivity index (χ0) is 56.4. The predicted octanol–water partition coefficient (Wildman–Crippen LogP) is 22.1. The van der Waals surface area contributed by atoms with Crippen molar-refractivity contribution >= 4 is 17.9 Å². The molecule has 0 aliphatic rings. The number of carboxylic acid groups (broad SMARTS) is 3. The summed E-state index contributed by atoms with van der Waals surface area (Å²) >= 11 is 0. The summed E-state index contributed by atoms with van der Waals surface area (Å²) < 4.78 is 18.8. The molecule has 0 saturated heterocycles. The van der Waals surface area contributed by atoms with Gasteiger partial charge < -0.3 is 29.5 Å². The third kappa shape index (κ3) is 70.4. The first kappa shape index (κ1) is 76.3. The van der Waals surface area contributed by atoms with Crippen LogP contribution in [0.1, 0.15) is 385 Å². The normalized spacial score (nSPS) is 11.7. The van der Waals surface area contributed by atoms with E-state index in [9.17, 15) is 14.4 Å². The van der Waals surface area contributed by atoms with Gasteiger partial charge in [0.2, 0.25) is 0 Å². The van der Waals surface area contributed by atoms with E-state index in [2.05, 4.69) is 0 Å². The lowest BCUT2D eigenvalue weighted by Crippen LogP contribution is -2.26. The van der Waals surface area contributed by atoms with Crippen LogP contribution in [0.15, 0.2) is 0 Å². The number of carboxylic acids is 3. The number of rotatable bonds is 71. The van der Waals surface area contributed by atoms with Crippen molar-refractivity contribution in [2.75, 3.05) is 33.0 Å². The first-order chi connectivity index (χ1) is 38.4. The summed E-state index contributed by atoms with van der Waals surface area (Å²) in [6.07, 6.45) is 74.8. The van der Waals surface area contributed by atoms with E-state index in [0.717, 1.165) is 77.6 Å². The molecular formula is C69H134O9. The van der Waals surface area contributed by atoms with Gasteiger partial charge in [0.05, 0.1) is 13.2 Å². The Bertz CT molecular complexity index is 1120. The Balaban J connectivity index is 4.01. The van der Waals surface area contributed by atoms with Gasteiger partial charge in [0.25, 0.3) is 0 Å². The van der Waals surface area contributed by atoms with E-state index in [1.54, 1.807) is 0 Å². The molecule has 0 unspecified atom stereocenters. The lowest BCUT2D eigenvalue weighted by Gasteiger charge is -2.18. The largest absolute Gasteiger partial charge is 0.481 e. The van der Waals surface area contributed by atoms with Gasteiger partial charge in [-0.25, -0.2) is 0 Å². The minimum absolute atomic E-state index is 0.0384. The molecule has 0 aliphatic heterocycles. The summed E-state index contributed by atoms with van der Waals surface area (Å²) in [5, 5.41) is 26.2. The molecule has 0 aromatic rings. The molecule has 0 fully saturated rings. The Labute approximate surface area is 484 Å². The molecule has 0 heterocycles. The molecule has 0 saturated carbocycles. The fourth-order valence-corrected chi connectivity index (χ4v) is 11.2. The van der Waals surface area contributed by atoms with Crippen molar-refractivity contribution in [1.29, 1.82) is 0 Å². The molecule has 3 N–H and O–H groups in total. The second-order valence-corrected chi connectivity index (χ2v) is 24.2. The van der Waals surface area contributed by atoms with Gasteiger partial charge in [-0.1, -0.05) is 327 Å². The molecule has 0 radical (unpaired) electrons. The van der Waals surface area contributed by atoms with E-state index < -0.39 is 17.9 Å². The topological polar surface area (TPSA) is 140 Å². The lowest BCUT2D eigenvalue weighted by molar-refractivity contribution is -0.138. The Morgan fingerprint density at radius 1 is 0.205 bits per heavy atom. The highest BCUT2D eigenvalue weighted by molar-refractivity contribution is 5.67. The third-order valence-electron chi connectivity index (χ3n) is 16.4. The van der Waals surface area contributed by atoms with Crippen molar-refractivity contribution in [1.82, 2.24) is 0 Å². The summed E-state index contributed by atoms with van der Waals surface area (Å²) in [4.78, 5) is 31.8. The van der Waals surface area contributed by atoms with E-state index in [-0.39, 0.29) is 6.10 Å². The summed E-state index contributed by atoms with van der Waals surface area (Å²) in [6.45, 7) is 3.77. The van der Waals surface area contributed by atoms with Crippen LogP contribution in [-0.4, -0.2) is 72.4 Å². The van der Waals surface area contributed by atoms with E-state index in [1.165, 1.54) is 308 Å². The van der Waals surface area contributed by atoms with Crippen LogP contribution in [0.2, 0.25) is 0 Å². The molecule has 0 amide bonds. The van der Waals surface area contributed by atoms with Crippen molar-refractivity contribution in [3.63, 3.8) is 0 Å². The van der Waals surface area contributed by atoms with Crippen molar-refractivity contribution in [2.45, 2.75) is 391 Å². The molecule has 9 nitrogen and oxygen atoms in total. The van der Waals surface area contributed by atoms with Gasteiger partial charge in [0, 0.05) is 39.1 Å². The van der Waals surface area contributed by atoms with Gasteiger partial charge in [-0.05, 0) is 38.5 Å². The van der Waals surface area contributed by atoms with Gasteiger partial charge in [-0.2, -0.15) is 0 Å². The quantitative estimate of drug-likeness (QED) is 0.0508. The smallest absolute Gasteiger partial charge is 0.303 e. The van der Waals surface area contributed by atoms with Gasteiger partial charge >= 0.3 is 17.9 Å². The summed E-state index contributed by atoms with van der Waals surface area (Å²) in [7, 11) is 0. The molecule has 78 heavy (non-hydrogen) atoms. The number of ether oxygens (including phenoxy) is 3. The zero-order valence-electron chi connectivity index (χ0n) is 51.8. The second-order valence-electron chi connectivity index (χ2n) is 24.2. The minimum atomic E-state index is -0.660. The van der Waals surface area contributed by atoms with Crippen LogP contribution in [0.5, 0.6) is 0 Å². The molecule has 0 spiro atoms. The SMILES string of the molecule is O=C(O)CCCCCCCCCCCCCCCCCCCCCOCC(COCCCCCCCCCCCCCCCCCCCCCC(=O)O)OCCCCCCCCCCCCCCCCCCCCCC(=O)O. The maximum absolute atomic E-state index is 10.6. The van der Waals surface area contributed by atoms with Crippen LogP contribution in [-0.2, 0) is 28.6 Å². The first-order valence-corrected chi connectivity index (χ1v) is 34.8. The molecule has 0 bridgehead atoms. The van der Waals surface area contributed by atoms with Crippen molar-refractivity contribution in [3.05, 3.63) is 0 Å². The first-order valence-electron chi connectivity index (χ1n) is 34.8. The third-order valence-corrected chi connectivity index (χ3v) is 16.4. The maximum atomic E-state index is 10.6. The fraction of sp³-hybridized carbons (Fsp3) is 0.957. The fourth-order valence-electron chi connectivity index (χ4n) is 11.2. The van der Waals surface area contributed by atoms with Crippen molar-refractivity contribution in [2.24, 2.45) is 0 Å². The highest BCUT2D eigenvalue weighted by atomic mass is 16.6. The monoisotopic (exact) mass is 1110 g/mol. The lowest BCUT2D eigenvalue weighted by atomic mass is 10.0. The number of unbranched alkanes of at least 4 members (excludes halogenated alkanes) is 54. The van der Waals surface area contributed by atoms with Crippen LogP contribution in [0.3, 0.4) is 0 Å². The van der Waals surface area contributed by atoms with E-state index >= 15 is 0 Å². The van der Waals surface area contributed by atoms with Crippen LogP contribution in [0.25, 0.3) is 0 Å². The summed E-state index contributed by atoms with van der Waals surface area (Å²) in [5.74, 6) is -1.98. The summed E-state index contributed by atoms with van der Waals surface area (Å²) in [5.41, 5.74) is 0. The number of aliphatic carboxylic acids is 3. The van der Waals surface area contributed by atoms with Gasteiger partial charge in [-0.15, -0.1) is 0 Å². The number of hydrogen-bond acceptors (Lipinski definition) is 6. The number of carbonyl (C=O) groups is 3. The van der Waals surface area contributed by atoms with Crippen LogP contribution < -0.4 is 0 Å². The molecule has 0 aromatic carbocycles. The van der Waals surface area contributed by atoms with E-state index in [0.29, 0.717) is 32.5 Å². The maximum Gasteiger partial charge on any atom is 0.303 e. The van der Waals surface area contributed by atoms with Gasteiger partial charge in [0.15, 0.2) is 0 Å². The molecule has 464 valence electrons. The average molecular weight is 1110 g/mol. The van der Waals surface area contributed by atoms with Crippen LogP contribution in [0.4, 0.5) is 0 Å². The highest BCUT2D eigenvalue weighted by Gasteiger charge is 2.11. The Kier molecular flexibility index (Phi) is 66.3. The van der Waals surface area contributed by atoms with E-state index in [4.69, 9.17) is 29.5 Å². The van der Waals surface area contributed by atoms with Crippen molar-refractivity contribution < 1.29 is 43.9 Å². The Morgan fingerprint density at radius 3 is 0.513 bits per heavy atom. The standard InChI is InChI=1S/C69H134O9/c70-67(71)58-52-46-40-34-28-22-16-10-4-1-7-13-19-25-31-37-43-49-55-61-76-64-66(78-63-57-51-45-39-33-27-21-15-9-3-6-12-18-24-30-36-42-48-54-60-69(74)75)65-77-62-56-50-44-38-32-26-20-14-8-2-5-11-17-23-29-35-41-47-53-59-68(72)73/h66H,1-65H2,(H,70,71)(H,72,73)(H,74,75). The van der Waals surface area contributed by atoms with Gasteiger partial charge in [-0.3, -0.25) is 14.4 Å². The van der Waals surface area contributed by atoms with E-state index in [1.807, 2.05) is 0 Å². The molecule has 0 aliphatic carbocycles. The molecular weight excluding hydrogens is 973 g/mol. The summed E-state index contributed by atoms with van der Waals surface area (Å²) in [6, 6.07) is 0. The highest BCUT2D eigenvalue weighted by Crippen LogP contribution is 2.19. The second kappa shape index (κ2) is 67.8. The van der Waals surface area contributed by atoms with Crippen LogP contribution in [0, 0.1) is 0 Å². The number of hydrogen-bond donors (Lipinski definition) is 3.